The minimum atomic E-state index is 0.439. The molecule has 1 atom stereocenters. The lowest BCUT2D eigenvalue weighted by atomic mass is 9.89. The van der Waals surface area contributed by atoms with Crippen molar-refractivity contribution in [3.63, 3.8) is 0 Å². The summed E-state index contributed by atoms with van der Waals surface area (Å²) in [6.07, 6.45) is 2.79. The molecule has 2 heteroatoms. The van der Waals surface area contributed by atoms with Gasteiger partial charge in [-0.15, -0.1) is 0 Å². The lowest BCUT2D eigenvalue weighted by molar-refractivity contribution is -0.109. The fourth-order valence-corrected chi connectivity index (χ4v) is 2.46. The molecular formula is C14H22NO. The zero-order valence-corrected chi connectivity index (χ0v) is 11.0. The minimum absolute atomic E-state index is 0.439. The van der Waals surface area contributed by atoms with Gasteiger partial charge in [0.2, 0.25) is 6.41 Å². The second-order valence-electron chi connectivity index (χ2n) is 4.56. The van der Waals surface area contributed by atoms with Gasteiger partial charge in [-0.05, 0) is 43.9 Å². The Hall–Kier alpha value is -1.05. The first-order chi connectivity index (χ1) is 7.54. The molecule has 0 saturated carbocycles. The Bertz CT molecular complexity index is 339. The molecule has 0 fully saturated rings. The molecule has 1 N–H and O–H groups in total. The Labute approximate surface area is 98.8 Å². The number of nitrogens with one attached hydrogen (secondary N) is 1. The lowest BCUT2D eigenvalue weighted by Crippen LogP contribution is -2.24. The SMILES string of the molecule is CCC[C](NC=O)C1=C(C)C(C)=C(C)C1C. The highest BCUT2D eigenvalue weighted by molar-refractivity contribution is 5.57. The average Bonchev–Trinajstić information content (AvgIpc) is 2.44. The molecule has 1 aliphatic rings. The zero-order chi connectivity index (χ0) is 12.3. The van der Waals surface area contributed by atoms with E-state index in [1.807, 2.05) is 0 Å². The Balaban J connectivity index is 2.99. The quantitative estimate of drug-likeness (QED) is 0.707. The van der Waals surface area contributed by atoms with Gasteiger partial charge in [0.15, 0.2) is 0 Å². The summed E-state index contributed by atoms with van der Waals surface area (Å²) in [5, 5.41) is 2.88. The summed E-state index contributed by atoms with van der Waals surface area (Å²) in [5.74, 6) is 0.439. The van der Waals surface area contributed by atoms with E-state index < -0.39 is 0 Å². The third-order valence-corrected chi connectivity index (χ3v) is 3.70. The molecule has 0 aromatic carbocycles. The van der Waals surface area contributed by atoms with E-state index in [4.69, 9.17) is 0 Å². The smallest absolute Gasteiger partial charge is 0.207 e. The van der Waals surface area contributed by atoms with Gasteiger partial charge in [-0.1, -0.05) is 25.8 Å². The molecule has 16 heavy (non-hydrogen) atoms. The van der Waals surface area contributed by atoms with Gasteiger partial charge in [0.05, 0.1) is 6.04 Å². The van der Waals surface area contributed by atoms with Crippen molar-refractivity contribution >= 4 is 6.41 Å². The molecule has 0 bridgehead atoms. The van der Waals surface area contributed by atoms with E-state index in [0.717, 1.165) is 25.3 Å². The molecule has 0 spiro atoms. The highest BCUT2D eigenvalue weighted by Crippen LogP contribution is 2.41. The maximum Gasteiger partial charge on any atom is 0.207 e. The fraction of sp³-hybridized carbons (Fsp3) is 0.571. The Kier molecular flexibility index (Phi) is 4.34. The normalized spacial score (nSPS) is 21.0. The van der Waals surface area contributed by atoms with E-state index in [-0.39, 0.29) is 0 Å². The zero-order valence-electron chi connectivity index (χ0n) is 11.0. The first-order valence-corrected chi connectivity index (χ1v) is 5.99. The number of carbonyl (C=O) groups excluding carboxylic acids is 1. The summed E-state index contributed by atoms with van der Waals surface area (Å²) < 4.78 is 0. The first kappa shape index (κ1) is 13.0. The second-order valence-corrected chi connectivity index (χ2v) is 4.56. The Morgan fingerprint density at radius 1 is 1.31 bits per heavy atom. The fourth-order valence-electron chi connectivity index (χ4n) is 2.46. The Morgan fingerprint density at radius 3 is 2.31 bits per heavy atom. The number of hydrogen-bond acceptors (Lipinski definition) is 1. The summed E-state index contributed by atoms with van der Waals surface area (Å²) >= 11 is 0. The van der Waals surface area contributed by atoms with Crippen LogP contribution in [0.15, 0.2) is 22.3 Å². The minimum Gasteiger partial charge on any atom is -0.347 e. The van der Waals surface area contributed by atoms with Gasteiger partial charge >= 0.3 is 0 Å². The maximum absolute atomic E-state index is 10.7. The van der Waals surface area contributed by atoms with E-state index in [9.17, 15) is 4.79 Å². The van der Waals surface area contributed by atoms with Gasteiger partial charge in [0.25, 0.3) is 0 Å². The van der Waals surface area contributed by atoms with Crippen LogP contribution in [0.25, 0.3) is 0 Å². The monoisotopic (exact) mass is 220 g/mol. The molecule has 1 aliphatic carbocycles. The van der Waals surface area contributed by atoms with Gasteiger partial charge in [-0.3, -0.25) is 4.79 Å². The van der Waals surface area contributed by atoms with Crippen LogP contribution in [0.5, 0.6) is 0 Å². The van der Waals surface area contributed by atoms with Crippen LogP contribution in [-0.4, -0.2) is 6.41 Å². The van der Waals surface area contributed by atoms with Crippen molar-refractivity contribution in [3.05, 3.63) is 28.3 Å². The molecule has 89 valence electrons. The summed E-state index contributed by atoms with van der Waals surface area (Å²) in [7, 11) is 0. The number of rotatable bonds is 5. The average molecular weight is 220 g/mol. The van der Waals surface area contributed by atoms with Crippen LogP contribution in [0.3, 0.4) is 0 Å². The molecular weight excluding hydrogens is 198 g/mol. The molecule has 0 saturated heterocycles. The predicted molar refractivity (Wildman–Crippen MR) is 67.6 cm³/mol. The second kappa shape index (κ2) is 5.33. The number of allylic oxidation sites excluding steroid dienone is 3. The molecule has 2 nitrogen and oxygen atoms in total. The lowest BCUT2D eigenvalue weighted by Gasteiger charge is -2.22. The van der Waals surface area contributed by atoms with Crippen LogP contribution in [-0.2, 0) is 4.79 Å². The van der Waals surface area contributed by atoms with Crippen molar-refractivity contribution in [1.82, 2.24) is 5.32 Å². The van der Waals surface area contributed by atoms with Crippen molar-refractivity contribution in [3.8, 4) is 0 Å². The van der Waals surface area contributed by atoms with Crippen molar-refractivity contribution in [2.45, 2.75) is 47.5 Å². The van der Waals surface area contributed by atoms with E-state index in [2.05, 4.69) is 39.9 Å². The number of amides is 1. The van der Waals surface area contributed by atoms with Crippen LogP contribution in [0.4, 0.5) is 0 Å². The summed E-state index contributed by atoms with van der Waals surface area (Å²) in [6.45, 7) is 10.8. The van der Waals surface area contributed by atoms with Gasteiger partial charge < -0.3 is 5.32 Å². The van der Waals surface area contributed by atoms with E-state index in [1.54, 1.807) is 0 Å². The molecule has 0 aliphatic heterocycles. The third-order valence-electron chi connectivity index (χ3n) is 3.70. The summed E-state index contributed by atoms with van der Waals surface area (Å²) in [4.78, 5) is 10.7. The van der Waals surface area contributed by atoms with E-state index >= 15 is 0 Å². The first-order valence-electron chi connectivity index (χ1n) is 5.99. The Morgan fingerprint density at radius 2 is 1.94 bits per heavy atom. The molecule has 1 amide bonds. The topological polar surface area (TPSA) is 29.1 Å². The van der Waals surface area contributed by atoms with Crippen molar-refractivity contribution in [2.75, 3.05) is 0 Å². The molecule has 0 heterocycles. The summed E-state index contributed by atoms with van der Waals surface area (Å²) in [6, 6.07) is 1.10. The van der Waals surface area contributed by atoms with E-state index in [1.165, 1.54) is 22.3 Å². The molecule has 1 rings (SSSR count). The van der Waals surface area contributed by atoms with Crippen LogP contribution >= 0.6 is 0 Å². The third kappa shape index (κ3) is 2.21. The number of hydrogen-bond donors (Lipinski definition) is 1. The number of carbonyl (C=O) groups is 1. The van der Waals surface area contributed by atoms with E-state index in [0.29, 0.717) is 5.92 Å². The van der Waals surface area contributed by atoms with Crippen molar-refractivity contribution in [2.24, 2.45) is 5.92 Å². The van der Waals surface area contributed by atoms with Crippen LogP contribution < -0.4 is 5.32 Å². The van der Waals surface area contributed by atoms with Crippen molar-refractivity contribution < 1.29 is 4.79 Å². The van der Waals surface area contributed by atoms with Crippen LogP contribution in [0, 0.1) is 12.0 Å². The standard InChI is InChI=1S/C14H22NO/c1-6-7-13(15-8-16)14-11(4)9(2)10(3)12(14)5/h8,11H,6-7H2,1-5H3,(H,15,16). The van der Waals surface area contributed by atoms with Crippen LogP contribution in [0.2, 0.25) is 0 Å². The molecule has 1 unspecified atom stereocenters. The molecule has 1 radical (unpaired) electrons. The largest absolute Gasteiger partial charge is 0.347 e. The highest BCUT2D eigenvalue weighted by atomic mass is 16.1. The summed E-state index contributed by atoms with van der Waals surface area (Å²) in [5.41, 5.74) is 5.46. The molecule has 0 aromatic heterocycles. The van der Waals surface area contributed by atoms with Gasteiger partial charge in [-0.25, -0.2) is 0 Å². The van der Waals surface area contributed by atoms with Crippen molar-refractivity contribution in [1.29, 1.82) is 0 Å². The van der Waals surface area contributed by atoms with Gasteiger partial charge in [0, 0.05) is 5.92 Å². The highest BCUT2D eigenvalue weighted by Gasteiger charge is 2.29. The van der Waals surface area contributed by atoms with Gasteiger partial charge in [-0.2, -0.15) is 0 Å². The van der Waals surface area contributed by atoms with Gasteiger partial charge in [0.1, 0.15) is 0 Å². The maximum atomic E-state index is 10.7. The van der Waals surface area contributed by atoms with Crippen LogP contribution in [0.1, 0.15) is 47.5 Å². The molecule has 0 aromatic rings. The predicted octanol–water partition coefficient (Wildman–Crippen LogP) is 3.37.